The third-order valence-corrected chi connectivity index (χ3v) is 6.02. The van der Waals surface area contributed by atoms with Crippen molar-refractivity contribution in [3.8, 4) is 0 Å². The SMILES string of the molecule is O=C1C(N2CCN(Cc3nnc(C4CCC4)o3)CC2)CCCN1CC(F)(F)F. The molecular weight excluding hydrogens is 375 g/mol. The third kappa shape index (κ3) is 4.48. The van der Waals surface area contributed by atoms with Crippen molar-refractivity contribution >= 4 is 5.91 Å². The molecule has 1 atom stereocenters. The molecule has 1 aromatic rings. The Balaban J connectivity index is 1.27. The average molecular weight is 401 g/mol. The van der Waals surface area contributed by atoms with Crippen molar-refractivity contribution in [3.63, 3.8) is 0 Å². The van der Waals surface area contributed by atoms with Gasteiger partial charge in [-0.15, -0.1) is 10.2 Å². The third-order valence-electron chi connectivity index (χ3n) is 6.02. The first-order valence-electron chi connectivity index (χ1n) is 10.0. The van der Waals surface area contributed by atoms with Crippen molar-refractivity contribution < 1.29 is 22.4 Å². The van der Waals surface area contributed by atoms with Gasteiger partial charge in [-0.2, -0.15) is 13.2 Å². The van der Waals surface area contributed by atoms with Crippen LogP contribution in [0.1, 0.15) is 49.8 Å². The first-order chi connectivity index (χ1) is 13.4. The van der Waals surface area contributed by atoms with Crippen molar-refractivity contribution in [2.24, 2.45) is 0 Å². The molecule has 0 N–H and O–H groups in total. The molecule has 1 unspecified atom stereocenters. The van der Waals surface area contributed by atoms with Gasteiger partial charge >= 0.3 is 6.18 Å². The summed E-state index contributed by atoms with van der Waals surface area (Å²) in [6, 6.07) is -0.438. The summed E-state index contributed by atoms with van der Waals surface area (Å²) in [6.07, 6.45) is 0.325. The lowest BCUT2D eigenvalue weighted by atomic mass is 9.85. The second kappa shape index (κ2) is 7.98. The smallest absolute Gasteiger partial charge is 0.406 e. The maximum absolute atomic E-state index is 12.7. The summed E-state index contributed by atoms with van der Waals surface area (Å²) in [5.41, 5.74) is 0. The van der Waals surface area contributed by atoms with E-state index in [-0.39, 0.29) is 12.5 Å². The Kier molecular flexibility index (Phi) is 5.59. The monoisotopic (exact) mass is 401 g/mol. The van der Waals surface area contributed by atoms with Crippen LogP contribution in [-0.4, -0.2) is 82.3 Å². The topological polar surface area (TPSA) is 65.7 Å². The van der Waals surface area contributed by atoms with E-state index in [0.29, 0.717) is 44.3 Å². The maximum atomic E-state index is 12.7. The lowest BCUT2D eigenvalue weighted by Gasteiger charge is -2.42. The Morgan fingerprint density at radius 2 is 1.75 bits per heavy atom. The molecule has 28 heavy (non-hydrogen) atoms. The van der Waals surface area contributed by atoms with Gasteiger partial charge in [-0.3, -0.25) is 14.6 Å². The highest BCUT2D eigenvalue weighted by molar-refractivity contribution is 5.82. The largest absolute Gasteiger partial charge is 0.424 e. The lowest BCUT2D eigenvalue weighted by Crippen LogP contribution is -2.58. The van der Waals surface area contributed by atoms with Crippen LogP contribution in [0, 0.1) is 0 Å². The van der Waals surface area contributed by atoms with Gasteiger partial charge in [-0.05, 0) is 25.7 Å². The minimum atomic E-state index is -4.35. The van der Waals surface area contributed by atoms with E-state index in [4.69, 9.17) is 4.42 Å². The van der Waals surface area contributed by atoms with Crippen molar-refractivity contribution in [1.82, 2.24) is 24.9 Å². The van der Waals surface area contributed by atoms with Gasteiger partial charge in [-0.25, -0.2) is 0 Å². The molecule has 0 radical (unpaired) electrons. The normalized spacial score (nSPS) is 25.9. The highest BCUT2D eigenvalue weighted by atomic mass is 19.4. The van der Waals surface area contributed by atoms with Gasteiger partial charge in [0.15, 0.2) is 0 Å². The summed E-state index contributed by atoms with van der Waals surface area (Å²) in [5.74, 6) is 1.37. The first kappa shape index (κ1) is 19.6. The number of aromatic nitrogens is 2. The molecule has 1 saturated carbocycles. The van der Waals surface area contributed by atoms with Gasteiger partial charge in [0.1, 0.15) is 6.54 Å². The molecule has 156 valence electrons. The zero-order chi connectivity index (χ0) is 19.7. The summed E-state index contributed by atoms with van der Waals surface area (Å²) in [6.45, 7) is 2.37. The molecule has 0 bridgehead atoms. The molecule has 2 saturated heterocycles. The number of halogens is 3. The average Bonchev–Trinajstić information content (AvgIpc) is 3.03. The van der Waals surface area contributed by atoms with E-state index in [1.165, 1.54) is 6.42 Å². The molecule has 1 amide bonds. The first-order valence-corrected chi connectivity index (χ1v) is 10.0. The summed E-state index contributed by atoms with van der Waals surface area (Å²) in [5, 5.41) is 8.28. The summed E-state index contributed by atoms with van der Waals surface area (Å²) in [4.78, 5) is 17.7. The Hall–Kier alpha value is -1.68. The maximum Gasteiger partial charge on any atom is 0.406 e. The van der Waals surface area contributed by atoms with E-state index < -0.39 is 18.8 Å². The number of likely N-dealkylation sites (tertiary alicyclic amines) is 1. The van der Waals surface area contributed by atoms with E-state index in [9.17, 15) is 18.0 Å². The molecular formula is C18H26F3N5O2. The van der Waals surface area contributed by atoms with Gasteiger partial charge in [0.25, 0.3) is 0 Å². The van der Waals surface area contributed by atoms with Crippen LogP contribution in [0.15, 0.2) is 4.42 Å². The Bertz CT molecular complexity index is 683. The van der Waals surface area contributed by atoms with E-state index in [2.05, 4.69) is 15.1 Å². The van der Waals surface area contributed by atoms with Crippen LogP contribution < -0.4 is 0 Å². The van der Waals surface area contributed by atoms with Crippen molar-refractivity contribution in [2.45, 2.75) is 56.8 Å². The van der Waals surface area contributed by atoms with Crippen LogP contribution in [0.5, 0.6) is 0 Å². The predicted octanol–water partition coefficient (Wildman–Crippen LogP) is 2.01. The van der Waals surface area contributed by atoms with E-state index >= 15 is 0 Å². The van der Waals surface area contributed by atoms with Crippen LogP contribution in [0.2, 0.25) is 0 Å². The molecule has 0 aromatic carbocycles. The Morgan fingerprint density at radius 1 is 1.00 bits per heavy atom. The summed E-state index contributed by atoms with van der Waals surface area (Å²) < 4.78 is 43.8. The van der Waals surface area contributed by atoms with Crippen LogP contribution in [0.4, 0.5) is 13.2 Å². The van der Waals surface area contributed by atoms with E-state index in [1.807, 2.05) is 4.90 Å². The second-order valence-corrected chi connectivity index (χ2v) is 8.01. The number of nitrogens with zero attached hydrogens (tertiary/aromatic N) is 5. The number of hydrogen-bond acceptors (Lipinski definition) is 6. The highest BCUT2D eigenvalue weighted by Gasteiger charge is 2.40. The van der Waals surface area contributed by atoms with Crippen LogP contribution in [0.3, 0.4) is 0 Å². The number of hydrogen-bond donors (Lipinski definition) is 0. The molecule has 1 aromatic heterocycles. The number of rotatable bonds is 5. The number of carbonyl (C=O) groups is 1. The van der Waals surface area contributed by atoms with Crippen LogP contribution in [0.25, 0.3) is 0 Å². The quantitative estimate of drug-likeness (QED) is 0.752. The standard InChI is InChI=1S/C18H26F3N5O2/c19-18(20,21)12-26-6-2-5-14(17(26)27)25-9-7-24(8-10-25)11-15-22-23-16(28-15)13-3-1-4-13/h13-14H,1-12H2. The predicted molar refractivity (Wildman–Crippen MR) is 93.4 cm³/mol. The Morgan fingerprint density at radius 3 is 2.39 bits per heavy atom. The van der Waals surface area contributed by atoms with Crippen molar-refractivity contribution in [3.05, 3.63) is 11.8 Å². The van der Waals surface area contributed by atoms with Crippen LogP contribution >= 0.6 is 0 Å². The molecule has 0 spiro atoms. The number of piperidine rings is 1. The van der Waals surface area contributed by atoms with Gasteiger partial charge in [0.2, 0.25) is 17.7 Å². The van der Waals surface area contributed by atoms with Crippen LogP contribution in [-0.2, 0) is 11.3 Å². The fourth-order valence-electron chi connectivity index (χ4n) is 4.21. The fourth-order valence-corrected chi connectivity index (χ4v) is 4.21. The second-order valence-electron chi connectivity index (χ2n) is 8.01. The number of piperazine rings is 1. The lowest BCUT2D eigenvalue weighted by molar-refractivity contribution is -0.168. The molecule has 10 heteroatoms. The fraction of sp³-hybridized carbons (Fsp3) is 0.833. The minimum absolute atomic E-state index is 0.190. The zero-order valence-corrected chi connectivity index (χ0v) is 15.8. The van der Waals surface area contributed by atoms with Gasteiger partial charge in [0, 0.05) is 38.6 Å². The highest BCUT2D eigenvalue weighted by Crippen LogP contribution is 2.35. The molecule has 3 fully saturated rings. The molecule has 3 aliphatic rings. The zero-order valence-electron chi connectivity index (χ0n) is 15.8. The number of alkyl halides is 3. The molecule has 7 nitrogen and oxygen atoms in total. The number of carbonyl (C=O) groups excluding carboxylic acids is 1. The minimum Gasteiger partial charge on any atom is -0.424 e. The number of amides is 1. The summed E-state index contributed by atoms with van der Waals surface area (Å²) >= 11 is 0. The van der Waals surface area contributed by atoms with Gasteiger partial charge < -0.3 is 9.32 Å². The van der Waals surface area contributed by atoms with Crippen molar-refractivity contribution in [2.75, 3.05) is 39.3 Å². The molecule has 1 aliphatic carbocycles. The van der Waals surface area contributed by atoms with Gasteiger partial charge in [-0.1, -0.05) is 6.42 Å². The van der Waals surface area contributed by atoms with E-state index in [0.717, 1.165) is 36.7 Å². The van der Waals surface area contributed by atoms with Gasteiger partial charge in [0.05, 0.1) is 12.6 Å². The molecule has 3 heterocycles. The molecule has 2 aliphatic heterocycles. The van der Waals surface area contributed by atoms with Crippen molar-refractivity contribution in [1.29, 1.82) is 0 Å². The summed E-state index contributed by atoms with van der Waals surface area (Å²) in [7, 11) is 0. The molecule has 4 rings (SSSR count). The Labute approximate surface area is 161 Å². The van der Waals surface area contributed by atoms with E-state index in [1.54, 1.807) is 0 Å².